The third kappa shape index (κ3) is 3.11. The van der Waals surface area contributed by atoms with Crippen molar-refractivity contribution in [3.05, 3.63) is 33.7 Å². The molecule has 1 aromatic heterocycles. The minimum Gasteiger partial charge on any atom is -0.466 e. The second kappa shape index (κ2) is 6.72. The number of nitrogens with zero attached hydrogens (tertiary/aromatic N) is 1. The summed E-state index contributed by atoms with van der Waals surface area (Å²) in [5.74, 6) is -0.418. The van der Waals surface area contributed by atoms with Crippen LogP contribution in [0.3, 0.4) is 0 Å². The number of hydrogen-bond acceptors (Lipinski definition) is 5. The average Bonchev–Trinajstić information content (AvgIpc) is 3.23. The Balaban J connectivity index is 1.94. The molecule has 1 saturated heterocycles. The van der Waals surface area contributed by atoms with Gasteiger partial charge in [-0.3, -0.25) is 4.90 Å². The first-order valence-electron chi connectivity index (χ1n) is 7.64. The molecule has 124 valence electrons. The zero-order valence-corrected chi connectivity index (χ0v) is 14.0. The molecule has 3 heterocycles. The van der Waals surface area contributed by atoms with Crippen LogP contribution in [0.1, 0.15) is 30.7 Å². The van der Waals surface area contributed by atoms with Crippen LogP contribution in [-0.4, -0.2) is 43.3 Å². The normalized spacial score (nSPS) is 24.8. The first-order valence-corrected chi connectivity index (χ1v) is 8.52. The summed E-state index contributed by atoms with van der Waals surface area (Å²) in [7, 11) is 1.36. The van der Waals surface area contributed by atoms with E-state index in [4.69, 9.17) is 9.47 Å². The van der Waals surface area contributed by atoms with Crippen molar-refractivity contribution < 1.29 is 19.1 Å². The van der Waals surface area contributed by atoms with E-state index in [1.807, 2.05) is 17.5 Å². The van der Waals surface area contributed by atoms with Gasteiger partial charge in [-0.05, 0) is 31.2 Å². The summed E-state index contributed by atoms with van der Waals surface area (Å²) >= 11 is 1.50. The standard InChI is InChI=1S/C16H20N2O4S/c1-10-13(15(19)21-2)14(12-6-4-8-23-12)17-16(20)18(10)9-11-5-3-7-22-11/h4,6,8,11,14H,3,5,7,9H2,1-2H3,(H,17,20). The molecule has 2 aliphatic heterocycles. The molecule has 0 radical (unpaired) electrons. The minimum absolute atomic E-state index is 0.0212. The van der Waals surface area contributed by atoms with E-state index in [1.54, 1.807) is 11.8 Å². The zero-order valence-electron chi connectivity index (χ0n) is 13.2. The second-order valence-corrected chi connectivity index (χ2v) is 6.61. The second-order valence-electron chi connectivity index (χ2n) is 5.63. The number of carbonyl (C=O) groups excluding carboxylic acids is 2. The van der Waals surface area contributed by atoms with Gasteiger partial charge in [0.05, 0.1) is 31.4 Å². The largest absolute Gasteiger partial charge is 0.466 e. The highest BCUT2D eigenvalue weighted by atomic mass is 32.1. The van der Waals surface area contributed by atoms with Gasteiger partial charge >= 0.3 is 12.0 Å². The topological polar surface area (TPSA) is 67.9 Å². The fourth-order valence-electron chi connectivity index (χ4n) is 3.04. The molecule has 0 saturated carbocycles. The van der Waals surface area contributed by atoms with Gasteiger partial charge in [0.2, 0.25) is 0 Å². The van der Waals surface area contributed by atoms with Crippen molar-refractivity contribution in [3.8, 4) is 0 Å². The van der Waals surface area contributed by atoms with E-state index in [9.17, 15) is 9.59 Å². The van der Waals surface area contributed by atoms with E-state index in [-0.39, 0.29) is 12.1 Å². The lowest BCUT2D eigenvalue weighted by atomic mass is 10.00. The molecule has 2 aliphatic rings. The SMILES string of the molecule is COC(=O)C1=C(C)N(CC2CCCO2)C(=O)NC1c1cccs1. The molecule has 1 N–H and O–H groups in total. The fourth-order valence-corrected chi connectivity index (χ4v) is 3.82. The van der Waals surface area contributed by atoms with Gasteiger partial charge in [-0.2, -0.15) is 0 Å². The smallest absolute Gasteiger partial charge is 0.338 e. The third-order valence-corrected chi connectivity index (χ3v) is 5.18. The lowest BCUT2D eigenvalue weighted by Gasteiger charge is -2.35. The summed E-state index contributed by atoms with van der Waals surface area (Å²) in [6, 6.07) is 3.14. The number of methoxy groups -OCH3 is 1. The number of carbonyl (C=O) groups is 2. The van der Waals surface area contributed by atoms with Crippen LogP contribution in [0.4, 0.5) is 4.79 Å². The molecular formula is C16H20N2O4S. The molecule has 0 bridgehead atoms. The summed E-state index contributed by atoms with van der Waals surface area (Å²) in [5, 5.41) is 4.84. The highest BCUT2D eigenvalue weighted by Gasteiger charge is 2.37. The van der Waals surface area contributed by atoms with Gasteiger partial charge < -0.3 is 14.8 Å². The Morgan fingerprint density at radius 1 is 1.57 bits per heavy atom. The number of nitrogens with one attached hydrogen (secondary N) is 1. The predicted molar refractivity (Wildman–Crippen MR) is 86.0 cm³/mol. The number of urea groups is 1. The number of allylic oxidation sites excluding steroid dienone is 1. The molecule has 0 spiro atoms. The van der Waals surface area contributed by atoms with Crippen molar-refractivity contribution in [2.75, 3.05) is 20.3 Å². The Bertz CT molecular complexity index is 620. The molecule has 0 aliphatic carbocycles. The van der Waals surface area contributed by atoms with Crippen molar-refractivity contribution in [2.45, 2.75) is 31.9 Å². The Kier molecular flexibility index (Phi) is 4.68. The van der Waals surface area contributed by atoms with E-state index in [0.717, 1.165) is 24.3 Å². The predicted octanol–water partition coefficient (Wildman–Crippen LogP) is 2.44. The van der Waals surface area contributed by atoms with E-state index in [0.29, 0.717) is 17.8 Å². The first-order chi connectivity index (χ1) is 11.1. The Labute approximate surface area is 139 Å². The maximum absolute atomic E-state index is 12.5. The van der Waals surface area contributed by atoms with Crippen molar-refractivity contribution in [2.24, 2.45) is 0 Å². The molecule has 0 aromatic carbocycles. The third-order valence-electron chi connectivity index (χ3n) is 4.24. The van der Waals surface area contributed by atoms with Crippen LogP contribution in [0.25, 0.3) is 0 Å². The summed E-state index contributed by atoms with van der Waals surface area (Å²) in [5.41, 5.74) is 1.11. The van der Waals surface area contributed by atoms with E-state index >= 15 is 0 Å². The summed E-state index contributed by atoms with van der Waals surface area (Å²) in [6.07, 6.45) is 1.96. The number of rotatable bonds is 4. The van der Waals surface area contributed by atoms with Gasteiger partial charge in [0.15, 0.2) is 0 Å². The van der Waals surface area contributed by atoms with Crippen LogP contribution in [0.2, 0.25) is 0 Å². The van der Waals surface area contributed by atoms with E-state index in [2.05, 4.69) is 5.32 Å². The lowest BCUT2D eigenvalue weighted by molar-refractivity contribution is -0.136. The maximum Gasteiger partial charge on any atom is 0.338 e. The Morgan fingerprint density at radius 2 is 2.39 bits per heavy atom. The van der Waals surface area contributed by atoms with Crippen LogP contribution < -0.4 is 5.32 Å². The molecular weight excluding hydrogens is 316 g/mol. The molecule has 1 fully saturated rings. The molecule has 3 rings (SSSR count). The van der Waals surface area contributed by atoms with E-state index < -0.39 is 12.0 Å². The van der Waals surface area contributed by atoms with Gasteiger partial charge in [-0.1, -0.05) is 6.07 Å². The van der Waals surface area contributed by atoms with Crippen molar-refractivity contribution in [1.29, 1.82) is 0 Å². The van der Waals surface area contributed by atoms with Crippen LogP contribution in [0.5, 0.6) is 0 Å². The highest BCUT2D eigenvalue weighted by molar-refractivity contribution is 7.10. The quantitative estimate of drug-likeness (QED) is 0.858. The average molecular weight is 336 g/mol. The molecule has 2 amide bonds. The first kappa shape index (κ1) is 16.0. The molecule has 2 atom stereocenters. The maximum atomic E-state index is 12.5. The Morgan fingerprint density at radius 3 is 3.00 bits per heavy atom. The van der Waals surface area contributed by atoms with E-state index in [1.165, 1.54) is 18.4 Å². The summed E-state index contributed by atoms with van der Waals surface area (Å²) in [4.78, 5) is 27.3. The minimum atomic E-state index is -0.462. The summed E-state index contributed by atoms with van der Waals surface area (Å²) < 4.78 is 10.6. The fraction of sp³-hybridized carbons (Fsp3) is 0.500. The molecule has 1 aromatic rings. The van der Waals surface area contributed by atoms with Gasteiger partial charge in [0.25, 0.3) is 0 Å². The zero-order chi connectivity index (χ0) is 16.4. The Hall–Kier alpha value is -1.86. The number of thiophene rings is 1. The number of hydrogen-bond donors (Lipinski definition) is 1. The van der Waals surface area contributed by atoms with Gasteiger partial charge in [-0.15, -0.1) is 11.3 Å². The van der Waals surface area contributed by atoms with Crippen LogP contribution in [-0.2, 0) is 14.3 Å². The van der Waals surface area contributed by atoms with Gasteiger partial charge in [-0.25, -0.2) is 9.59 Å². The number of ether oxygens (including phenoxy) is 2. The number of amides is 2. The molecule has 6 nitrogen and oxygen atoms in total. The lowest BCUT2D eigenvalue weighted by Crippen LogP contribution is -2.49. The van der Waals surface area contributed by atoms with Crippen molar-refractivity contribution in [3.63, 3.8) is 0 Å². The monoisotopic (exact) mass is 336 g/mol. The van der Waals surface area contributed by atoms with Gasteiger partial charge in [0.1, 0.15) is 0 Å². The van der Waals surface area contributed by atoms with Crippen molar-refractivity contribution >= 4 is 23.3 Å². The van der Waals surface area contributed by atoms with Gasteiger partial charge in [0, 0.05) is 17.2 Å². The van der Waals surface area contributed by atoms with Crippen LogP contribution >= 0.6 is 11.3 Å². The highest BCUT2D eigenvalue weighted by Crippen LogP contribution is 2.33. The molecule has 23 heavy (non-hydrogen) atoms. The van der Waals surface area contributed by atoms with Crippen molar-refractivity contribution in [1.82, 2.24) is 10.2 Å². The van der Waals surface area contributed by atoms with Crippen LogP contribution in [0, 0.1) is 0 Å². The molecule has 2 unspecified atom stereocenters. The van der Waals surface area contributed by atoms with Crippen LogP contribution in [0.15, 0.2) is 28.8 Å². The molecule has 7 heteroatoms. The number of esters is 1. The summed E-state index contributed by atoms with van der Waals surface area (Å²) in [6.45, 7) is 2.97.